The molecule has 86 valence electrons. The second-order valence-electron chi connectivity index (χ2n) is 3.47. The maximum Gasteiger partial charge on any atom is 0.159 e. The Kier molecular flexibility index (Phi) is 10.3. The standard InChI is InChI=1S/C12H18O.C2H6/c1-6-7-10(4)12(11(5)13)8-9(2)3;1-2/h6-9H,1H2,2-5H3;1-2H3/b10-7-,12-8+;. The fraction of sp³-hybridized carbons (Fsp3) is 0.500. The molecular formula is C14H24O. The maximum absolute atomic E-state index is 11.3. The van der Waals surface area contributed by atoms with Crippen LogP contribution in [-0.2, 0) is 4.79 Å². The molecule has 0 saturated carbocycles. The predicted molar refractivity (Wildman–Crippen MR) is 68.9 cm³/mol. The largest absolute Gasteiger partial charge is 0.295 e. The Morgan fingerprint density at radius 2 is 1.67 bits per heavy atom. The van der Waals surface area contributed by atoms with Gasteiger partial charge in [0, 0.05) is 5.57 Å². The third-order valence-electron chi connectivity index (χ3n) is 1.67. The van der Waals surface area contributed by atoms with Crippen molar-refractivity contribution in [3.8, 4) is 0 Å². The Hall–Kier alpha value is -1.11. The Bertz CT molecular complexity index is 255. The van der Waals surface area contributed by atoms with Gasteiger partial charge in [0.05, 0.1) is 0 Å². The molecule has 0 aromatic heterocycles. The van der Waals surface area contributed by atoms with Crippen LogP contribution >= 0.6 is 0 Å². The van der Waals surface area contributed by atoms with Crippen LogP contribution in [0.3, 0.4) is 0 Å². The molecule has 0 rings (SSSR count). The van der Waals surface area contributed by atoms with Gasteiger partial charge in [-0.05, 0) is 25.3 Å². The molecule has 0 atom stereocenters. The van der Waals surface area contributed by atoms with E-state index < -0.39 is 0 Å². The van der Waals surface area contributed by atoms with Crippen molar-refractivity contribution in [1.29, 1.82) is 0 Å². The van der Waals surface area contributed by atoms with E-state index in [2.05, 4.69) is 20.4 Å². The summed E-state index contributed by atoms with van der Waals surface area (Å²) in [5, 5.41) is 0. The summed E-state index contributed by atoms with van der Waals surface area (Å²) in [6, 6.07) is 0. The van der Waals surface area contributed by atoms with E-state index in [1.165, 1.54) is 0 Å². The van der Waals surface area contributed by atoms with Crippen molar-refractivity contribution in [2.24, 2.45) is 5.92 Å². The minimum Gasteiger partial charge on any atom is -0.295 e. The minimum absolute atomic E-state index is 0.115. The van der Waals surface area contributed by atoms with Crippen LogP contribution in [-0.4, -0.2) is 5.78 Å². The Morgan fingerprint density at radius 1 is 1.20 bits per heavy atom. The van der Waals surface area contributed by atoms with Crippen LogP contribution in [0.15, 0.2) is 36.0 Å². The number of ketones is 1. The first-order valence-corrected chi connectivity index (χ1v) is 5.51. The van der Waals surface area contributed by atoms with Crippen LogP contribution < -0.4 is 0 Å². The van der Waals surface area contributed by atoms with Crippen molar-refractivity contribution < 1.29 is 4.79 Å². The molecule has 15 heavy (non-hydrogen) atoms. The van der Waals surface area contributed by atoms with Crippen LogP contribution in [0, 0.1) is 5.92 Å². The molecule has 0 heterocycles. The van der Waals surface area contributed by atoms with E-state index in [0.717, 1.165) is 11.1 Å². The van der Waals surface area contributed by atoms with Crippen molar-refractivity contribution in [2.75, 3.05) is 0 Å². The molecule has 0 bridgehead atoms. The number of Topliss-reactive ketones (excluding diaryl/α,β-unsaturated/α-hetero) is 1. The van der Waals surface area contributed by atoms with E-state index >= 15 is 0 Å². The summed E-state index contributed by atoms with van der Waals surface area (Å²) < 4.78 is 0. The summed E-state index contributed by atoms with van der Waals surface area (Å²) in [6.07, 6.45) is 5.54. The first-order valence-electron chi connectivity index (χ1n) is 5.51. The van der Waals surface area contributed by atoms with Crippen molar-refractivity contribution >= 4 is 5.78 Å². The van der Waals surface area contributed by atoms with Gasteiger partial charge in [0.25, 0.3) is 0 Å². The molecule has 0 N–H and O–H groups in total. The summed E-state index contributed by atoms with van der Waals surface area (Å²) in [5.41, 5.74) is 1.78. The first-order chi connectivity index (χ1) is 6.99. The summed E-state index contributed by atoms with van der Waals surface area (Å²) in [5.74, 6) is 0.511. The lowest BCUT2D eigenvalue weighted by Crippen LogP contribution is -2.00. The Balaban J connectivity index is 0. The van der Waals surface area contributed by atoms with Crippen LogP contribution in [0.1, 0.15) is 41.5 Å². The summed E-state index contributed by atoms with van der Waals surface area (Å²) in [7, 11) is 0. The van der Waals surface area contributed by atoms with E-state index in [1.54, 1.807) is 13.0 Å². The Morgan fingerprint density at radius 3 is 1.93 bits per heavy atom. The third-order valence-corrected chi connectivity index (χ3v) is 1.67. The van der Waals surface area contributed by atoms with Gasteiger partial charge in [-0.15, -0.1) is 0 Å². The van der Waals surface area contributed by atoms with E-state index in [9.17, 15) is 4.79 Å². The van der Waals surface area contributed by atoms with Gasteiger partial charge in [0.15, 0.2) is 5.78 Å². The number of hydrogen-bond acceptors (Lipinski definition) is 1. The summed E-state index contributed by atoms with van der Waals surface area (Å²) in [6.45, 7) is 15.2. The highest BCUT2D eigenvalue weighted by molar-refractivity contribution is 5.97. The molecule has 0 spiro atoms. The van der Waals surface area contributed by atoms with Crippen molar-refractivity contribution in [1.82, 2.24) is 0 Å². The second-order valence-corrected chi connectivity index (χ2v) is 3.47. The van der Waals surface area contributed by atoms with Gasteiger partial charge >= 0.3 is 0 Å². The molecule has 0 fully saturated rings. The highest BCUT2D eigenvalue weighted by atomic mass is 16.1. The van der Waals surface area contributed by atoms with Gasteiger partial charge in [-0.3, -0.25) is 4.79 Å². The van der Waals surface area contributed by atoms with Crippen LogP contribution in [0.25, 0.3) is 0 Å². The average Bonchev–Trinajstić information content (AvgIpc) is 2.17. The summed E-state index contributed by atoms with van der Waals surface area (Å²) >= 11 is 0. The quantitative estimate of drug-likeness (QED) is 0.497. The molecule has 0 saturated heterocycles. The molecule has 0 unspecified atom stereocenters. The van der Waals surface area contributed by atoms with Gasteiger partial charge in [0.2, 0.25) is 0 Å². The highest BCUT2D eigenvalue weighted by Crippen LogP contribution is 2.13. The molecule has 0 aliphatic heterocycles. The van der Waals surface area contributed by atoms with Gasteiger partial charge in [-0.1, -0.05) is 52.5 Å². The molecule has 1 nitrogen and oxygen atoms in total. The molecule has 0 aliphatic carbocycles. The highest BCUT2D eigenvalue weighted by Gasteiger charge is 2.05. The number of hydrogen-bond donors (Lipinski definition) is 0. The predicted octanol–water partition coefficient (Wildman–Crippen LogP) is 4.32. The lowest BCUT2D eigenvalue weighted by atomic mass is 9.99. The lowest BCUT2D eigenvalue weighted by Gasteiger charge is -2.05. The monoisotopic (exact) mass is 208 g/mol. The lowest BCUT2D eigenvalue weighted by molar-refractivity contribution is -0.113. The van der Waals surface area contributed by atoms with Gasteiger partial charge in [0.1, 0.15) is 0 Å². The van der Waals surface area contributed by atoms with E-state index in [4.69, 9.17) is 0 Å². The molecule has 0 aliphatic rings. The molecule has 0 aromatic carbocycles. The molecular weight excluding hydrogens is 184 g/mol. The van der Waals surface area contributed by atoms with Gasteiger partial charge < -0.3 is 0 Å². The zero-order chi connectivity index (χ0) is 12.4. The fourth-order valence-electron chi connectivity index (χ4n) is 1.13. The Labute approximate surface area is 94.6 Å². The van der Waals surface area contributed by atoms with Crippen molar-refractivity contribution in [3.63, 3.8) is 0 Å². The van der Waals surface area contributed by atoms with E-state index in [-0.39, 0.29) is 5.78 Å². The molecule has 0 amide bonds. The van der Waals surface area contributed by atoms with Gasteiger partial charge in [-0.25, -0.2) is 0 Å². The van der Waals surface area contributed by atoms with E-state index in [0.29, 0.717) is 5.92 Å². The number of carbonyl (C=O) groups is 1. The number of rotatable bonds is 4. The van der Waals surface area contributed by atoms with Crippen LogP contribution in [0.5, 0.6) is 0 Å². The van der Waals surface area contributed by atoms with Crippen LogP contribution in [0.4, 0.5) is 0 Å². The second kappa shape index (κ2) is 9.45. The molecule has 1 heteroatoms. The van der Waals surface area contributed by atoms with Crippen molar-refractivity contribution in [3.05, 3.63) is 36.0 Å². The topological polar surface area (TPSA) is 17.1 Å². The molecule has 0 aromatic rings. The first kappa shape index (κ1) is 16.3. The van der Waals surface area contributed by atoms with Crippen molar-refractivity contribution in [2.45, 2.75) is 41.5 Å². The fourth-order valence-corrected chi connectivity index (χ4v) is 1.13. The third kappa shape index (κ3) is 7.92. The molecule has 0 radical (unpaired) electrons. The normalized spacial score (nSPS) is 11.9. The summed E-state index contributed by atoms with van der Waals surface area (Å²) in [4.78, 5) is 11.3. The van der Waals surface area contributed by atoms with Gasteiger partial charge in [-0.2, -0.15) is 0 Å². The number of allylic oxidation sites excluding steroid dienone is 5. The van der Waals surface area contributed by atoms with Crippen LogP contribution in [0.2, 0.25) is 0 Å². The smallest absolute Gasteiger partial charge is 0.159 e. The average molecular weight is 208 g/mol. The zero-order valence-electron chi connectivity index (χ0n) is 10.9. The minimum atomic E-state index is 0.115. The zero-order valence-corrected chi connectivity index (χ0v) is 10.9. The SMILES string of the molecule is C=C/C=C(C)\C(=C/C(C)C)C(C)=O.CC. The number of carbonyl (C=O) groups excluding carboxylic acids is 1. The maximum atomic E-state index is 11.3. The van der Waals surface area contributed by atoms with E-state index in [1.807, 2.05) is 32.9 Å².